The highest BCUT2D eigenvalue weighted by atomic mass is 16.2. The summed E-state index contributed by atoms with van der Waals surface area (Å²) in [4.78, 5) is 39.2. The number of amides is 4. The summed E-state index contributed by atoms with van der Waals surface area (Å²) in [6, 6.07) is 7.29. The Bertz CT molecular complexity index is 761. The zero-order valence-corrected chi connectivity index (χ0v) is 17.1. The van der Waals surface area contributed by atoms with Crippen molar-refractivity contribution in [2.45, 2.75) is 70.9 Å². The molecule has 6 heteroatoms. The highest BCUT2D eigenvalue weighted by molar-refractivity contribution is 6.09. The normalized spacial score (nSPS) is 22.4. The van der Waals surface area contributed by atoms with Gasteiger partial charge in [-0.1, -0.05) is 51.0 Å². The van der Waals surface area contributed by atoms with Gasteiger partial charge in [0.2, 0.25) is 5.91 Å². The number of fused-ring (bicyclic) bond motifs is 2. The standard InChI is InChI=1S/C22H31N3O3/c1-15(2)8-6-9-16(3)23-19(26)14-25-20(27)22(24-21(25)28)13-7-11-17-10-4-5-12-18(17)22/h4-5,10,12,15-16H,6-9,11,13-14H2,1-3H3,(H,23,26)(H,24,28)/t16-,22+/m0/s1. The Morgan fingerprint density at radius 1 is 1.21 bits per heavy atom. The van der Waals surface area contributed by atoms with Crippen LogP contribution in [-0.4, -0.2) is 35.3 Å². The van der Waals surface area contributed by atoms with Gasteiger partial charge in [0.1, 0.15) is 12.1 Å². The molecule has 1 aromatic rings. The topological polar surface area (TPSA) is 78.5 Å². The molecule has 0 unspecified atom stereocenters. The summed E-state index contributed by atoms with van der Waals surface area (Å²) in [5.74, 6) is 0.0392. The van der Waals surface area contributed by atoms with E-state index in [0.717, 1.165) is 48.1 Å². The SMILES string of the molecule is CC(C)CCC[C@H](C)NC(=O)CN1C(=O)N[C@@]2(CCCc3ccccc32)C1=O. The van der Waals surface area contributed by atoms with E-state index in [0.29, 0.717) is 12.3 Å². The van der Waals surface area contributed by atoms with Crippen LogP contribution in [0.1, 0.15) is 64.0 Å². The fourth-order valence-electron chi connectivity index (χ4n) is 4.32. The van der Waals surface area contributed by atoms with E-state index in [1.165, 1.54) is 0 Å². The molecule has 1 heterocycles. The van der Waals surface area contributed by atoms with Crippen LogP contribution in [0, 0.1) is 5.92 Å². The van der Waals surface area contributed by atoms with E-state index in [2.05, 4.69) is 24.5 Å². The van der Waals surface area contributed by atoms with Crippen LogP contribution in [0.15, 0.2) is 24.3 Å². The average molecular weight is 386 g/mol. The minimum Gasteiger partial charge on any atom is -0.352 e. The molecule has 1 aliphatic carbocycles. The van der Waals surface area contributed by atoms with Gasteiger partial charge in [-0.3, -0.25) is 14.5 Å². The molecule has 152 valence electrons. The van der Waals surface area contributed by atoms with E-state index < -0.39 is 11.6 Å². The van der Waals surface area contributed by atoms with E-state index in [-0.39, 0.29) is 24.4 Å². The second-order valence-electron chi connectivity index (χ2n) is 8.53. The predicted molar refractivity (Wildman–Crippen MR) is 108 cm³/mol. The van der Waals surface area contributed by atoms with Crippen LogP contribution in [0.5, 0.6) is 0 Å². The van der Waals surface area contributed by atoms with Crippen LogP contribution in [0.3, 0.4) is 0 Å². The number of hydrogen-bond donors (Lipinski definition) is 2. The largest absolute Gasteiger partial charge is 0.352 e. The summed E-state index contributed by atoms with van der Waals surface area (Å²) in [5, 5.41) is 5.81. The van der Waals surface area contributed by atoms with Crippen LogP contribution < -0.4 is 10.6 Å². The lowest BCUT2D eigenvalue weighted by molar-refractivity contribution is -0.135. The van der Waals surface area contributed by atoms with Gasteiger partial charge in [0, 0.05) is 6.04 Å². The first kappa shape index (κ1) is 20.4. The van der Waals surface area contributed by atoms with Crippen molar-refractivity contribution in [1.82, 2.24) is 15.5 Å². The lowest BCUT2D eigenvalue weighted by Gasteiger charge is -2.33. The Hall–Kier alpha value is -2.37. The molecule has 1 saturated heterocycles. The molecule has 2 atom stereocenters. The second-order valence-corrected chi connectivity index (χ2v) is 8.53. The van der Waals surface area contributed by atoms with Crippen molar-refractivity contribution in [3.63, 3.8) is 0 Å². The van der Waals surface area contributed by atoms with Gasteiger partial charge >= 0.3 is 6.03 Å². The molecule has 0 radical (unpaired) electrons. The molecule has 1 fully saturated rings. The number of rotatable bonds is 7. The van der Waals surface area contributed by atoms with Crippen molar-refractivity contribution < 1.29 is 14.4 Å². The summed E-state index contributed by atoms with van der Waals surface area (Å²) in [6.07, 6.45) is 5.35. The van der Waals surface area contributed by atoms with Crippen molar-refractivity contribution in [1.29, 1.82) is 0 Å². The number of hydrogen-bond acceptors (Lipinski definition) is 3. The molecule has 0 aromatic heterocycles. The molecule has 2 aliphatic rings. The van der Waals surface area contributed by atoms with Crippen LogP contribution in [-0.2, 0) is 21.5 Å². The molecule has 0 bridgehead atoms. The Balaban J connectivity index is 1.64. The van der Waals surface area contributed by atoms with Crippen molar-refractivity contribution in [2.24, 2.45) is 5.92 Å². The molecule has 0 saturated carbocycles. The molecule has 3 rings (SSSR count). The highest BCUT2D eigenvalue weighted by Gasteiger charge is 2.54. The maximum absolute atomic E-state index is 13.2. The van der Waals surface area contributed by atoms with Gasteiger partial charge in [-0.15, -0.1) is 0 Å². The van der Waals surface area contributed by atoms with E-state index in [4.69, 9.17) is 0 Å². The van der Waals surface area contributed by atoms with Gasteiger partial charge in [0.05, 0.1) is 0 Å². The third-order valence-corrected chi connectivity index (χ3v) is 5.78. The molecule has 4 amide bonds. The minimum absolute atomic E-state index is 0.0244. The smallest absolute Gasteiger partial charge is 0.325 e. The quantitative estimate of drug-likeness (QED) is 0.708. The van der Waals surface area contributed by atoms with Gasteiger partial charge in [0.25, 0.3) is 5.91 Å². The number of benzene rings is 1. The Morgan fingerprint density at radius 2 is 1.96 bits per heavy atom. The summed E-state index contributed by atoms with van der Waals surface area (Å²) in [7, 11) is 0. The van der Waals surface area contributed by atoms with Gasteiger partial charge in [-0.25, -0.2) is 4.79 Å². The number of nitrogens with one attached hydrogen (secondary N) is 2. The van der Waals surface area contributed by atoms with Crippen molar-refractivity contribution in [3.05, 3.63) is 35.4 Å². The number of carbonyl (C=O) groups is 3. The number of aryl methyl sites for hydroxylation is 1. The molecule has 28 heavy (non-hydrogen) atoms. The van der Waals surface area contributed by atoms with Crippen molar-refractivity contribution in [3.8, 4) is 0 Å². The zero-order chi connectivity index (χ0) is 20.3. The maximum Gasteiger partial charge on any atom is 0.325 e. The lowest BCUT2D eigenvalue weighted by atomic mass is 9.76. The molecule has 2 N–H and O–H groups in total. The summed E-state index contributed by atoms with van der Waals surface area (Å²) in [6.45, 7) is 6.09. The fourth-order valence-corrected chi connectivity index (χ4v) is 4.32. The first-order valence-electron chi connectivity index (χ1n) is 10.4. The monoisotopic (exact) mass is 385 g/mol. The summed E-state index contributed by atoms with van der Waals surface area (Å²) < 4.78 is 0. The maximum atomic E-state index is 13.2. The molecule has 1 aromatic carbocycles. The van der Waals surface area contributed by atoms with E-state index in [1.54, 1.807) is 0 Å². The Labute approximate surface area is 167 Å². The third kappa shape index (κ3) is 4.05. The highest BCUT2D eigenvalue weighted by Crippen LogP contribution is 2.39. The average Bonchev–Trinajstić information content (AvgIpc) is 2.86. The van der Waals surface area contributed by atoms with Gasteiger partial charge in [-0.05, 0) is 49.7 Å². The number of urea groups is 1. The zero-order valence-electron chi connectivity index (χ0n) is 17.1. The van der Waals surface area contributed by atoms with Gasteiger partial charge in [0.15, 0.2) is 0 Å². The van der Waals surface area contributed by atoms with Crippen LogP contribution in [0.4, 0.5) is 4.79 Å². The van der Waals surface area contributed by atoms with Gasteiger partial charge in [-0.2, -0.15) is 0 Å². The van der Waals surface area contributed by atoms with Crippen LogP contribution in [0.25, 0.3) is 0 Å². The molecule has 1 aliphatic heterocycles. The first-order chi connectivity index (χ1) is 13.3. The summed E-state index contributed by atoms with van der Waals surface area (Å²) in [5.41, 5.74) is 0.937. The number of nitrogens with zero attached hydrogens (tertiary/aromatic N) is 1. The Kier molecular flexibility index (Phi) is 6.06. The molecule has 1 spiro atoms. The predicted octanol–water partition coefficient (Wildman–Crippen LogP) is 3.10. The van der Waals surface area contributed by atoms with Crippen LogP contribution in [0.2, 0.25) is 0 Å². The fraction of sp³-hybridized carbons (Fsp3) is 0.591. The van der Waals surface area contributed by atoms with Gasteiger partial charge < -0.3 is 10.6 Å². The van der Waals surface area contributed by atoms with Crippen molar-refractivity contribution in [2.75, 3.05) is 6.54 Å². The lowest BCUT2D eigenvalue weighted by Crippen LogP contribution is -2.47. The van der Waals surface area contributed by atoms with E-state index >= 15 is 0 Å². The van der Waals surface area contributed by atoms with E-state index in [1.807, 2.05) is 31.2 Å². The van der Waals surface area contributed by atoms with E-state index in [9.17, 15) is 14.4 Å². The molecule has 6 nitrogen and oxygen atoms in total. The first-order valence-corrected chi connectivity index (χ1v) is 10.4. The Morgan fingerprint density at radius 3 is 2.71 bits per heavy atom. The molecular weight excluding hydrogens is 354 g/mol. The number of imide groups is 1. The molecular formula is C22H31N3O3. The third-order valence-electron chi connectivity index (χ3n) is 5.78. The summed E-state index contributed by atoms with van der Waals surface area (Å²) >= 11 is 0. The van der Waals surface area contributed by atoms with Crippen molar-refractivity contribution >= 4 is 17.8 Å². The minimum atomic E-state index is -1.02. The van der Waals surface area contributed by atoms with Crippen LogP contribution >= 0.6 is 0 Å². The number of carbonyl (C=O) groups excluding carboxylic acids is 3. The second kappa shape index (κ2) is 8.33.